The van der Waals surface area contributed by atoms with Crippen LogP contribution in [0, 0.1) is 0 Å². The molecule has 0 spiro atoms. The Labute approximate surface area is 500 Å². The summed E-state index contributed by atoms with van der Waals surface area (Å²) in [6, 6.07) is 89.1. The number of benzene rings is 9. The van der Waals surface area contributed by atoms with Gasteiger partial charge in [-0.05, 0) is 92.0 Å². The Balaban J connectivity index is 0.000000127. The number of hydrogen-bond acceptors (Lipinski definition) is 4. The molecule has 0 atom stereocenters. The van der Waals surface area contributed by atoms with Gasteiger partial charge in [0.2, 0.25) is 0 Å². The van der Waals surface area contributed by atoms with Crippen LogP contribution >= 0.6 is 0 Å². The maximum Gasteiger partial charge on any atom is 0.345 e. The molecule has 0 fully saturated rings. The molecule has 82 heavy (non-hydrogen) atoms. The second-order valence-electron chi connectivity index (χ2n) is 19.7. The van der Waals surface area contributed by atoms with E-state index in [-0.39, 0.29) is 44.3 Å². The average molecular weight is 1180 g/mol. The molecule has 9 aromatic carbocycles. The Morgan fingerprint density at radius 2 is 0.439 bits per heavy atom. The van der Waals surface area contributed by atoms with Crippen molar-refractivity contribution in [2.24, 2.45) is 0 Å². The van der Waals surface area contributed by atoms with Crippen molar-refractivity contribution in [3.8, 4) is 66.8 Å². The molecule has 9 heteroatoms. The maximum atomic E-state index is 4.67. The molecule has 0 N–H and O–H groups in total. The first-order valence-corrected chi connectivity index (χ1v) is 26.7. The quantitative estimate of drug-likeness (QED) is 0.0946. The fourth-order valence-electron chi connectivity index (χ4n) is 11.5. The number of rotatable bonds is 6. The fourth-order valence-corrected chi connectivity index (χ4v) is 11.5. The van der Waals surface area contributed by atoms with E-state index in [1.807, 2.05) is 49.1 Å². The van der Waals surface area contributed by atoms with Crippen LogP contribution in [0.4, 0.5) is 0 Å². The zero-order chi connectivity index (χ0) is 52.5. The molecule has 6 nitrogen and oxygen atoms in total. The van der Waals surface area contributed by atoms with E-state index in [1.54, 1.807) is 0 Å². The normalized spacial score (nSPS) is 11.1. The van der Waals surface area contributed by atoms with Gasteiger partial charge < -0.3 is 24.8 Å². The van der Waals surface area contributed by atoms with Crippen molar-refractivity contribution >= 4 is 65.4 Å². The Bertz CT molecular complexity index is 4230. The van der Waals surface area contributed by atoms with Crippen LogP contribution in [-0.4, -0.2) is 19.9 Å². The fraction of sp³-hybridized carbons (Fsp3) is 0.0137. The first kappa shape index (κ1) is 54.6. The van der Waals surface area contributed by atoms with Gasteiger partial charge in [0.25, 0.3) is 11.0 Å². The van der Waals surface area contributed by atoms with E-state index in [0.717, 1.165) is 50.3 Å². The third-order valence-corrected chi connectivity index (χ3v) is 15.2. The zero-order valence-electron chi connectivity index (χ0n) is 44.2. The van der Waals surface area contributed by atoms with Gasteiger partial charge in [-0.15, -0.1) is 9.13 Å². The van der Waals surface area contributed by atoms with Gasteiger partial charge in [-0.1, -0.05) is 206 Å². The summed E-state index contributed by atoms with van der Waals surface area (Å²) >= 11 is 0. The predicted octanol–water partition coefficient (Wildman–Crippen LogP) is 11.0. The summed E-state index contributed by atoms with van der Waals surface area (Å²) in [7, 11) is 0. The molecule has 0 radical (unpaired) electrons. The van der Waals surface area contributed by atoms with Crippen molar-refractivity contribution in [2.75, 3.05) is 0 Å². The molecule has 6 aromatic heterocycles. The molecule has 0 unspecified atom stereocenters. The molecule has 0 saturated carbocycles. The molecule has 16 rings (SSSR count). The van der Waals surface area contributed by atoms with Crippen molar-refractivity contribution in [2.45, 2.75) is 6.67 Å². The van der Waals surface area contributed by atoms with Crippen LogP contribution in [0.2, 0.25) is 0 Å². The van der Waals surface area contributed by atoms with Gasteiger partial charge in [-0.25, -0.2) is 0 Å². The summed E-state index contributed by atoms with van der Waals surface area (Å²) in [5, 5.41) is 7.14. The van der Waals surface area contributed by atoms with Crippen molar-refractivity contribution in [3.63, 3.8) is 0 Å². The molecule has 7 heterocycles. The molecule has 1 aliphatic rings. The second kappa shape index (κ2) is 24.2. The Morgan fingerprint density at radius 3 is 0.671 bits per heavy atom. The van der Waals surface area contributed by atoms with E-state index in [9.17, 15) is 0 Å². The van der Waals surface area contributed by atoms with Crippen molar-refractivity contribution in [3.05, 3.63) is 292 Å². The molecule has 15 aromatic rings. The van der Waals surface area contributed by atoms with Crippen molar-refractivity contribution in [1.29, 1.82) is 0 Å². The number of pyridine rings is 6. The first-order chi connectivity index (χ1) is 39.2. The summed E-state index contributed by atoms with van der Waals surface area (Å²) in [5.41, 5.74) is 21.1. The standard InChI is InChI=1S/C25H18N2.2C24H16N2.2ClH.Ru/c1-3-7-18(8-4-1)20-13-15-26-17-27-16-14-21(19-9-5-2-6-10-19)23-12-11-22(20)24(26)25(23)27;2*1-3-7-17(8-4-1)19-13-15-25-23-21(19)11-12-22-20(14-16-26-24(22)23)18-9-5-2-6-10-18;;;/h1-16H,17H2;2*1-16H;2*1H;/q+2;;;;;/p-2. The number of fused-ring (bicyclic) bond motifs is 6. The van der Waals surface area contributed by atoms with Gasteiger partial charge in [0.05, 0.1) is 32.8 Å². The van der Waals surface area contributed by atoms with Crippen molar-refractivity contribution in [1.82, 2.24) is 19.9 Å². The molecular weight excluding hydrogens is 1130 g/mol. The van der Waals surface area contributed by atoms with Crippen molar-refractivity contribution < 1.29 is 53.4 Å². The van der Waals surface area contributed by atoms with E-state index in [0.29, 0.717) is 0 Å². The summed E-state index contributed by atoms with van der Waals surface area (Å²) in [4.78, 5) is 18.7. The van der Waals surface area contributed by atoms with Crippen LogP contribution in [0.3, 0.4) is 0 Å². The van der Waals surface area contributed by atoms with Gasteiger partial charge >= 0.3 is 6.67 Å². The predicted molar refractivity (Wildman–Crippen MR) is 324 cm³/mol. The zero-order valence-corrected chi connectivity index (χ0v) is 47.5. The molecule has 394 valence electrons. The molecule has 0 aliphatic carbocycles. The Morgan fingerprint density at radius 1 is 0.232 bits per heavy atom. The third-order valence-electron chi connectivity index (χ3n) is 15.2. The van der Waals surface area contributed by atoms with Gasteiger partial charge in [0.1, 0.15) is 0 Å². The van der Waals surface area contributed by atoms with E-state index < -0.39 is 0 Å². The van der Waals surface area contributed by atoms with Crippen LogP contribution in [0.25, 0.3) is 132 Å². The number of aromatic nitrogens is 6. The Hall–Kier alpha value is -9.36. The van der Waals surface area contributed by atoms with Gasteiger partial charge in [0.15, 0.2) is 12.4 Å². The topological polar surface area (TPSA) is 59.3 Å². The average Bonchev–Trinajstić information content (AvgIpc) is 4.06. The molecule has 0 amide bonds. The monoisotopic (exact) mass is 1180 g/mol. The second-order valence-corrected chi connectivity index (χ2v) is 19.7. The van der Waals surface area contributed by atoms with E-state index >= 15 is 0 Å². The van der Waals surface area contributed by atoms with E-state index in [2.05, 4.69) is 272 Å². The molecule has 0 saturated heterocycles. The van der Waals surface area contributed by atoms with Crippen LogP contribution in [0.1, 0.15) is 0 Å². The Kier molecular flexibility index (Phi) is 16.1. The molecular formula is C73H50Cl2N6Ru. The van der Waals surface area contributed by atoms with Crippen LogP contribution < -0.4 is 33.9 Å². The molecule has 1 aliphatic heterocycles. The van der Waals surface area contributed by atoms with Crippen LogP contribution in [0.15, 0.2) is 292 Å². The first-order valence-electron chi connectivity index (χ1n) is 26.7. The SMILES string of the molecule is [Cl-].[Cl-].[Ru].c1ccc(-c2cc[n+]3c4c2ccc2c(-c5ccccc5)cc[n+](c24)C3)cc1.c1ccc(-c2ccnc3c2ccc2c(-c4ccccc4)ccnc23)cc1.c1ccc(-c2ccnc3c2ccc2c(-c4ccccc4)ccnc23)cc1. The minimum absolute atomic E-state index is 0. The van der Waals surface area contributed by atoms with Crippen LogP contribution in [-0.2, 0) is 26.1 Å². The number of halogens is 2. The smallest absolute Gasteiger partial charge is 0.345 e. The van der Waals surface area contributed by atoms with E-state index in [1.165, 1.54) is 88.6 Å². The van der Waals surface area contributed by atoms with Gasteiger partial charge in [0, 0.05) is 89.1 Å². The summed E-state index contributed by atoms with van der Waals surface area (Å²) < 4.78 is 4.72. The number of hydrogen-bond donors (Lipinski definition) is 0. The summed E-state index contributed by atoms with van der Waals surface area (Å²) in [6.45, 7) is 0.872. The minimum Gasteiger partial charge on any atom is -1.00 e. The molecule has 0 bridgehead atoms. The minimum atomic E-state index is 0. The van der Waals surface area contributed by atoms with E-state index in [4.69, 9.17) is 0 Å². The van der Waals surface area contributed by atoms with Crippen LogP contribution in [0.5, 0.6) is 0 Å². The summed E-state index contributed by atoms with van der Waals surface area (Å²) in [6.07, 6.45) is 11.9. The van der Waals surface area contributed by atoms with Gasteiger partial charge in [-0.3, -0.25) is 19.9 Å². The maximum absolute atomic E-state index is 4.67. The third kappa shape index (κ3) is 10.2. The summed E-state index contributed by atoms with van der Waals surface area (Å²) in [5.74, 6) is 0. The number of nitrogens with zero attached hydrogens (tertiary/aromatic N) is 6. The largest absolute Gasteiger partial charge is 1.00 e. The van der Waals surface area contributed by atoms with Gasteiger partial charge in [-0.2, -0.15) is 0 Å².